The molecular formula is C29H26F7N3O3. The van der Waals surface area contributed by atoms with E-state index in [1.54, 1.807) is 43.3 Å². The quantitative estimate of drug-likeness (QED) is 0.127. The highest BCUT2D eigenvalue weighted by molar-refractivity contribution is 6.09. The standard InChI is InChI=1S/C29H26F7N3O3/c1-18-16-22(27(30,28(31,32)33)29(34,35)36)12-13-24(18)38(3)25(40)21-10-7-11-23(17-21)39(15-14-19(2)37-42)26(41)20-8-5-4-6-9-20/h4-13,16-17,42H,14-15H2,1-3H3. The predicted octanol–water partition coefficient (Wildman–Crippen LogP) is 7.45. The summed E-state index contributed by atoms with van der Waals surface area (Å²) in [5.41, 5.74) is -6.50. The fourth-order valence-electron chi connectivity index (χ4n) is 4.25. The first-order chi connectivity index (χ1) is 19.5. The van der Waals surface area contributed by atoms with E-state index < -0.39 is 35.4 Å². The highest BCUT2D eigenvalue weighted by Gasteiger charge is 2.73. The fraction of sp³-hybridized carbons (Fsp3) is 0.276. The van der Waals surface area contributed by atoms with Gasteiger partial charge in [0.1, 0.15) is 0 Å². The summed E-state index contributed by atoms with van der Waals surface area (Å²) in [4.78, 5) is 29.0. The molecule has 6 nitrogen and oxygen atoms in total. The van der Waals surface area contributed by atoms with Crippen molar-refractivity contribution >= 4 is 28.9 Å². The van der Waals surface area contributed by atoms with E-state index in [1.807, 2.05) is 0 Å². The van der Waals surface area contributed by atoms with E-state index in [0.29, 0.717) is 29.1 Å². The minimum Gasteiger partial charge on any atom is -0.411 e. The molecule has 2 amide bonds. The van der Waals surface area contributed by atoms with Crippen molar-refractivity contribution in [3.05, 3.63) is 95.1 Å². The molecule has 0 atom stereocenters. The lowest BCUT2D eigenvalue weighted by Crippen LogP contribution is -2.50. The molecule has 42 heavy (non-hydrogen) atoms. The molecule has 0 aliphatic carbocycles. The van der Waals surface area contributed by atoms with Crippen LogP contribution in [0.4, 0.5) is 42.1 Å². The second kappa shape index (κ2) is 12.2. The van der Waals surface area contributed by atoms with Gasteiger partial charge in [-0.2, -0.15) is 26.3 Å². The maximum atomic E-state index is 14.5. The number of amides is 2. The van der Waals surface area contributed by atoms with E-state index in [0.717, 1.165) is 17.9 Å². The minimum absolute atomic E-state index is 0.0438. The van der Waals surface area contributed by atoms with Crippen LogP contribution in [-0.4, -0.2) is 48.7 Å². The summed E-state index contributed by atoms with van der Waals surface area (Å²) in [7, 11) is 1.25. The van der Waals surface area contributed by atoms with Crippen LogP contribution in [0.2, 0.25) is 0 Å². The van der Waals surface area contributed by atoms with Crippen LogP contribution >= 0.6 is 0 Å². The van der Waals surface area contributed by atoms with Crippen molar-refractivity contribution in [1.82, 2.24) is 0 Å². The van der Waals surface area contributed by atoms with Crippen molar-refractivity contribution in [3.8, 4) is 0 Å². The number of carbonyl (C=O) groups is 2. The second-order valence-corrected chi connectivity index (χ2v) is 9.48. The number of hydrogen-bond donors (Lipinski definition) is 1. The Labute approximate surface area is 236 Å². The third kappa shape index (κ3) is 6.39. The van der Waals surface area contributed by atoms with Gasteiger partial charge in [-0.15, -0.1) is 0 Å². The van der Waals surface area contributed by atoms with Crippen LogP contribution in [0.3, 0.4) is 0 Å². The topological polar surface area (TPSA) is 73.2 Å². The molecule has 1 N–H and O–H groups in total. The number of anilines is 2. The van der Waals surface area contributed by atoms with Crippen molar-refractivity contribution in [3.63, 3.8) is 0 Å². The zero-order valence-electron chi connectivity index (χ0n) is 22.6. The van der Waals surface area contributed by atoms with Crippen LogP contribution in [0.1, 0.15) is 45.2 Å². The van der Waals surface area contributed by atoms with Gasteiger partial charge >= 0.3 is 18.0 Å². The molecule has 0 bridgehead atoms. The van der Waals surface area contributed by atoms with Gasteiger partial charge in [0.25, 0.3) is 11.8 Å². The first-order valence-electron chi connectivity index (χ1n) is 12.4. The average molecular weight is 598 g/mol. The molecule has 0 spiro atoms. The molecule has 0 radical (unpaired) electrons. The first kappa shape index (κ1) is 32.1. The molecule has 0 aliphatic rings. The van der Waals surface area contributed by atoms with E-state index in [-0.39, 0.29) is 29.8 Å². The van der Waals surface area contributed by atoms with E-state index in [4.69, 9.17) is 5.21 Å². The maximum absolute atomic E-state index is 14.5. The predicted molar refractivity (Wildman–Crippen MR) is 143 cm³/mol. The van der Waals surface area contributed by atoms with Crippen molar-refractivity contribution < 1.29 is 45.5 Å². The van der Waals surface area contributed by atoms with Crippen LogP contribution in [0.5, 0.6) is 0 Å². The number of aryl methyl sites for hydroxylation is 1. The molecule has 224 valence electrons. The number of oxime groups is 1. The lowest BCUT2D eigenvalue weighted by atomic mass is 9.92. The smallest absolute Gasteiger partial charge is 0.411 e. The zero-order valence-corrected chi connectivity index (χ0v) is 22.6. The van der Waals surface area contributed by atoms with Crippen LogP contribution in [0.25, 0.3) is 0 Å². The number of hydrogen-bond acceptors (Lipinski definition) is 4. The minimum atomic E-state index is -6.27. The number of halogens is 7. The van der Waals surface area contributed by atoms with Crippen molar-refractivity contribution in [1.29, 1.82) is 0 Å². The number of nitrogens with zero attached hydrogens (tertiary/aromatic N) is 3. The Morgan fingerprint density at radius 2 is 1.40 bits per heavy atom. The van der Waals surface area contributed by atoms with Gasteiger partial charge in [0, 0.05) is 48.1 Å². The molecular weight excluding hydrogens is 571 g/mol. The summed E-state index contributed by atoms with van der Waals surface area (Å²) in [6, 6.07) is 15.7. The van der Waals surface area contributed by atoms with Gasteiger partial charge in [0.2, 0.25) is 0 Å². The summed E-state index contributed by atoms with van der Waals surface area (Å²) < 4.78 is 93.8. The third-order valence-corrected chi connectivity index (χ3v) is 6.58. The first-order valence-corrected chi connectivity index (χ1v) is 12.4. The summed E-state index contributed by atoms with van der Waals surface area (Å²) >= 11 is 0. The fourth-order valence-corrected chi connectivity index (χ4v) is 4.25. The van der Waals surface area contributed by atoms with Crippen molar-refractivity contribution in [2.24, 2.45) is 5.16 Å². The maximum Gasteiger partial charge on any atom is 0.435 e. The van der Waals surface area contributed by atoms with Crippen LogP contribution < -0.4 is 9.80 Å². The Morgan fingerprint density at radius 1 is 0.810 bits per heavy atom. The Balaban J connectivity index is 1.97. The Hall–Kier alpha value is -4.42. The molecule has 0 unspecified atom stereocenters. The second-order valence-electron chi connectivity index (χ2n) is 9.48. The highest BCUT2D eigenvalue weighted by Crippen LogP contribution is 2.53. The van der Waals surface area contributed by atoms with Crippen LogP contribution in [0.15, 0.2) is 78.0 Å². The van der Waals surface area contributed by atoms with Gasteiger partial charge in [-0.3, -0.25) is 9.59 Å². The van der Waals surface area contributed by atoms with Gasteiger partial charge in [0.15, 0.2) is 0 Å². The number of alkyl halides is 7. The molecule has 0 saturated carbocycles. The van der Waals surface area contributed by atoms with E-state index in [9.17, 15) is 40.3 Å². The third-order valence-electron chi connectivity index (χ3n) is 6.58. The molecule has 3 aromatic carbocycles. The molecule has 0 saturated heterocycles. The average Bonchev–Trinajstić information content (AvgIpc) is 2.95. The highest BCUT2D eigenvalue weighted by atomic mass is 19.4. The molecule has 3 aromatic rings. The monoisotopic (exact) mass is 597 g/mol. The van der Waals surface area contributed by atoms with Gasteiger partial charge in [-0.25, -0.2) is 4.39 Å². The van der Waals surface area contributed by atoms with Crippen molar-refractivity contribution in [2.45, 2.75) is 38.3 Å². The normalized spacial score (nSPS) is 12.7. The molecule has 13 heteroatoms. The van der Waals surface area contributed by atoms with Crippen LogP contribution in [0, 0.1) is 6.92 Å². The molecule has 0 aromatic heterocycles. The van der Waals surface area contributed by atoms with Gasteiger partial charge in [0.05, 0.1) is 5.71 Å². The zero-order chi connectivity index (χ0) is 31.5. The number of rotatable bonds is 8. The Bertz CT molecular complexity index is 1460. The molecule has 0 aliphatic heterocycles. The summed E-state index contributed by atoms with van der Waals surface area (Å²) in [6.45, 7) is 2.79. The summed E-state index contributed by atoms with van der Waals surface area (Å²) in [6.07, 6.45) is -12.3. The lowest BCUT2D eigenvalue weighted by molar-refractivity contribution is -0.348. The van der Waals surface area contributed by atoms with E-state index >= 15 is 0 Å². The van der Waals surface area contributed by atoms with Crippen molar-refractivity contribution in [2.75, 3.05) is 23.4 Å². The Morgan fingerprint density at radius 3 is 1.95 bits per heavy atom. The van der Waals surface area contributed by atoms with Gasteiger partial charge in [-0.1, -0.05) is 41.6 Å². The molecule has 0 fully saturated rings. The molecule has 0 heterocycles. The Kier molecular flexibility index (Phi) is 9.33. The van der Waals surface area contributed by atoms with E-state index in [1.165, 1.54) is 30.1 Å². The molecule has 3 rings (SSSR count). The number of carbonyl (C=O) groups excluding carboxylic acids is 2. The lowest BCUT2D eigenvalue weighted by Gasteiger charge is -2.31. The van der Waals surface area contributed by atoms with E-state index in [2.05, 4.69) is 5.16 Å². The van der Waals surface area contributed by atoms with Gasteiger partial charge < -0.3 is 15.0 Å². The van der Waals surface area contributed by atoms with Gasteiger partial charge in [-0.05, 0) is 55.8 Å². The summed E-state index contributed by atoms with van der Waals surface area (Å²) in [5, 5.41) is 12.1. The summed E-state index contributed by atoms with van der Waals surface area (Å²) in [5.74, 6) is -1.11. The number of benzene rings is 3. The largest absolute Gasteiger partial charge is 0.435 e. The SMILES string of the molecule is CC(CCN(C(=O)c1ccccc1)c1cccc(C(=O)N(C)c2ccc(C(F)(C(F)(F)F)C(F)(F)F)cc2C)c1)=NO. The van der Waals surface area contributed by atoms with Crippen LogP contribution in [-0.2, 0) is 5.67 Å².